The molecule has 0 fully saturated rings. The van der Waals surface area contributed by atoms with E-state index in [-0.39, 0.29) is 18.4 Å². The van der Waals surface area contributed by atoms with E-state index in [0.717, 1.165) is 0 Å². The molecular weight excluding hydrogens is 134 g/mol. The highest BCUT2D eigenvalue weighted by atomic mass is 16.6. The first kappa shape index (κ1) is 9.39. The van der Waals surface area contributed by atoms with Gasteiger partial charge in [-0.2, -0.15) is 0 Å². The summed E-state index contributed by atoms with van der Waals surface area (Å²) >= 11 is 0. The zero-order valence-electron chi connectivity index (χ0n) is 6.26. The van der Waals surface area contributed by atoms with Gasteiger partial charge >= 0.3 is 5.97 Å². The lowest BCUT2D eigenvalue weighted by atomic mass is 9.91. The number of carboxylic acid groups (broad SMARTS) is 1. The van der Waals surface area contributed by atoms with Crippen molar-refractivity contribution in [3.05, 3.63) is 0 Å². The van der Waals surface area contributed by atoms with Gasteiger partial charge in [0.1, 0.15) is 0 Å². The molecule has 0 rings (SSSR count). The first-order valence-electron chi connectivity index (χ1n) is 3.01. The molecule has 0 aliphatic rings. The second kappa shape index (κ2) is 3.53. The van der Waals surface area contributed by atoms with E-state index in [1.54, 1.807) is 13.8 Å². The molecule has 0 aromatic carbocycles. The van der Waals surface area contributed by atoms with Gasteiger partial charge in [-0.05, 0) is 0 Å². The number of carboxylic acids is 1. The Morgan fingerprint density at radius 3 is 2.50 bits per heavy atom. The third kappa shape index (κ3) is 4.29. The molecule has 3 N–H and O–H groups in total. The summed E-state index contributed by atoms with van der Waals surface area (Å²) in [6.07, 6.45) is 0.0736. The van der Waals surface area contributed by atoms with Crippen molar-refractivity contribution in [1.29, 1.82) is 0 Å². The Morgan fingerprint density at radius 1 is 1.70 bits per heavy atom. The van der Waals surface area contributed by atoms with E-state index in [1.165, 1.54) is 0 Å². The molecule has 0 spiro atoms. The Kier molecular flexibility index (Phi) is 3.32. The van der Waals surface area contributed by atoms with Crippen LogP contribution in [0.25, 0.3) is 0 Å². The molecular formula is C6H13NO3. The molecule has 4 heteroatoms. The molecule has 0 radical (unpaired) electrons. The van der Waals surface area contributed by atoms with E-state index in [2.05, 4.69) is 4.84 Å². The summed E-state index contributed by atoms with van der Waals surface area (Å²) in [6.45, 7) is 3.83. The minimum Gasteiger partial charge on any atom is -0.481 e. The van der Waals surface area contributed by atoms with Crippen LogP contribution in [-0.2, 0) is 9.63 Å². The summed E-state index contributed by atoms with van der Waals surface area (Å²) in [5, 5.41) is 8.38. The molecule has 0 aromatic rings. The zero-order chi connectivity index (χ0) is 8.20. The Morgan fingerprint density at radius 2 is 2.20 bits per heavy atom. The van der Waals surface area contributed by atoms with Crippen molar-refractivity contribution in [2.45, 2.75) is 20.3 Å². The predicted molar refractivity (Wildman–Crippen MR) is 36.2 cm³/mol. The van der Waals surface area contributed by atoms with Gasteiger partial charge in [-0.15, -0.1) is 0 Å². The summed E-state index contributed by atoms with van der Waals surface area (Å²) in [5.74, 6) is 3.97. The molecule has 0 saturated heterocycles. The van der Waals surface area contributed by atoms with Gasteiger partial charge in [-0.1, -0.05) is 13.8 Å². The van der Waals surface area contributed by atoms with E-state index in [1.807, 2.05) is 0 Å². The Balaban J connectivity index is 3.74. The van der Waals surface area contributed by atoms with Crippen LogP contribution in [0, 0.1) is 5.41 Å². The fourth-order valence-corrected chi connectivity index (χ4v) is 0.686. The van der Waals surface area contributed by atoms with Crippen LogP contribution in [0.15, 0.2) is 0 Å². The number of rotatable bonds is 4. The van der Waals surface area contributed by atoms with Gasteiger partial charge in [-0.25, -0.2) is 5.90 Å². The lowest BCUT2D eigenvalue weighted by Crippen LogP contribution is -2.24. The average Bonchev–Trinajstić information content (AvgIpc) is 1.59. The molecule has 0 unspecified atom stereocenters. The van der Waals surface area contributed by atoms with Crippen molar-refractivity contribution < 1.29 is 14.7 Å². The molecule has 0 aliphatic carbocycles. The molecule has 0 aliphatic heterocycles. The van der Waals surface area contributed by atoms with Gasteiger partial charge in [0.25, 0.3) is 0 Å². The normalized spacial score (nSPS) is 11.5. The first-order chi connectivity index (χ1) is 4.48. The van der Waals surface area contributed by atoms with E-state index < -0.39 is 5.97 Å². The smallest absolute Gasteiger partial charge is 0.303 e. The van der Waals surface area contributed by atoms with Crippen molar-refractivity contribution in [2.75, 3.05) is 6.61 Å². The molecule has 0 heterocycles. The van der Waals surface area contributed by atoms with E-state index in [4.69, 9.17) is 11.0 Å². The molecule has 0 saturated carbocycles. The number of aliphatic carboxylic acids is 1. The van der Waals surface area contributed by atoms with Gasteiger partial charge in [0.15, 0.2) is 0 Å². The number of nitrogens with two attached hydrogens (primary N) is 1. The third-order valence-electron chi connectivity index (χ3n) is 1.10. The van der Waals surface area contributed by atoms with Crippen LogP contribution in [0.5, 0.6) is 0 Å². The quantitative estimate of drug-likeness (QED) is 0.564. The van der Waals surface area contributed by atoms with Crippen LogP contribution < -0.4 is 5.90 Å². The van der Waals surface area contributed by atoms with Gasteiger partial charge < -0.3 is 9.94 Å². The summed E-state index contributed by atoms with van der Waals surface area (Å²) in [5.41, 5.74) is -0.374. The number of carbonyl (C=O) groups is 1. The van der Waals surface area contributed by atoms with Gasteiger partial charge in [0.2, 0.25) is 0 Å². The van der Waals surface area contributed by atoms with E-state index >= 15 is 0 Å². The van der Waals surface area contributed by atoms with Gasteiger partial charge in [0.05, 0.1) is 13.0 Å². The van der Waals surface area contributed by atoms with Gasteiger partial charge in [-0.3, -0.25) is 4.79 Å². The number of hydrogen-bond donors (Lipinski definition) is 2. The summed E-state index contributed by atoms with van der Waals surface area (Å²) in [4.78, 5) is 14.5. The largest absolute Gasteiger partial charge is 0.481 e. The second-order valence-electron chi connectivity index (χ2n) is 3.05. The van der Waals surface area contributed by atoms with Crippen molar-refractivity contribution >= 4 is 5.97 Å². The Hall–Kier alpha value is -0.610. The van der Waals surface area contributed by atoms with Crippen molar-refractivity contribution in [3.63, 3.8) is 0 Å². The minimum atomic E-state index is -0.831. The van der Waals surface area contributed by atoms with Crippen LogP contribution in [-0.4, -0.2) is 17.7 Å². The molecule has 0 bridgehead atoms. The van der Waals surface area contributed by atoms with Crippen molar-refractivity contribution in [2.24, 2.45) is 11.3 Å². The lowest BCUT2D eigenvalue weighted by molar-refractivity contribution is -0.140. The summed E-state index contributed by atoms with van der Waals surface area (Å²) < 4.78 is 0. The maximum absolute atomic E-state index is 10.2. The topological polar surface area (TPSA) is 72.5 Å². The Labute approximate surface area is 59.9 Å². The van der Waals surface area contributed by atoms with Crippen LogP contribution in [0.2, 0.25) is 0 Å². The highest BCUT2D eigenvalue weighted by Gasteiger charge is 2.21. The second-order valence-corrected chi connectivity index (χ2v) is 3.05. The van der Waals surface area contributed by atoms with E-state index in [9.17, 15) is 4.79 Å². The molecule has 60 valence electrons. The minimum absolute atomic E-state index is 0.0736. The highest BCUT2D eigenvalue weighted by Crippen LogP contribution is 2.19. The Bertz CT molecular complexity index is 122. The molecule has 0 atom stereocenters. The molecule has 0 aromatic heterocycles. The first-order valence-corrected chi connectivity index (χ1v) is 3.01. The maximum Gasteiger partial charge on any atom is 0.303 e. The fraction of sp³-hybridized carbons (Fsp3) is 0.833. The van der Waals surface area contributed by atoms with Crippen molar-refractivity contribution in [1.82, 2.24) is 0 Å². The van der Waals surface area contributed by atoms with Crippen molar-refractivity contribution in [3.8, 4) is 0 Å². The maximum atomic E-state index is 10.2. The SMILES string of the molecule is CC(C)(CON)CC(=O)O. The number of hydrogen-bond acceptors (Lipinski definition) is 3. The average molecular weight is 147 g/mol. The zero-order valence-corrected chi connectivity index (χ0v) is 6.26. The van der Waals surface area contributed by atoms with Gasteiger partial charge in [0, 0.05) is 5.41 Å². The fourth-order valence-electron chi connectivity index (χ4n) is 0.686. The molecule has 4 nitrogen and oxygen atoms in total. The predicted octanol–water partition coefficient (Wildman–Crippen LogP) is 0.378. The van der Waals surface area contributed by atoms with Crippen LogP contribution in [0.1, 0.15) is 20.3 Å². The third-order valence-corrected chi connectivity index (χ3v) is 1.10. The summed E-state index contributed by atoms with van der Waals surface area (Å²) in [7, 11) is 0. The highest BCUT2D eigenvalue weighted by molar-refractivity contribution is 5.67. The molecule has 0 amide bonds. The monoisotopic (exact) mass is 147 g/mol. The standard InChI is InChI=1S/C6H13NO3/c1-6(2,4-10-7)3-5(8)9/h3-4,7H2,1-2H3,(H,8,9). The van der Waals surface area contributed by atoms with Crippen LogP contribution in [0.3, 0.4) is 0 Å². The van der Waals surface area contributed by atoms with Crippen LogP contribution in [0.4, 0.5) is 0 Å². The molecule has 10 heavy (non-hydrogen) atoms. The van der Waals surface area contributed by atoms with E-state index in [0.29, 0.717) is 0 Å². The summed E-state index contributed by atoms with van der Waals surface area (Å²) in [6, 6.07) is 0. The lowest BCUT2D eigenvalue weighted by Gasteiger charge is -2.19. The van der Waals surface area contributed by atoms with Crippen LogP contribution >= 0.6 is 0 Å².